The van der Waals surface area contributed by atoms with Gasteiger partial charge >= 0.3 is 0 Å². The van der Waals surface area contributed by atoms with E-state index in [1.165, 1.54) is 28.6 Å². The molecule has 0 saturated carbocycles. The molecule has 0 fully saturated rings. The van der Waals surface area contributed by atoms with E-state index in [2.05, 4.69) is 5.32 Å². The molecule has 6 nitrogen and oxygen atoms in total. The summed E-state index contributed by atoms with van der Waals surface area (Å²) in [5, 5.41) is 2.65. The van der Waals surface area contributed by atoms with Crippen LogP contribution in [-0.2, 0) is 14.8 Å². The minimum atomic E-state index is -3.93. The zero-order chi connectivity index (χ0) is 22.2. The maximum atomic E-state index is 13.4. The van der Waals surface area contributed by atoms with E-state index >= 15 is 0 Å². The molecule has 0 spiro atoms. The third-order valence-electron chi connectivity index (χ3n) is 5.00. The smallest absolute Gasteiger partial charge is 0.267 e. The number of nitrogens with zero attached hydrogens (tertiary/aromatic N) is 1. The van der Waals surface area contributed by atoms with Gasteiger partial charge in [-0.05, 0) is 67.9 Å². The van der Waals surface area contributed by atoms with Crippen LogP contribution in [0.2, 0.25) is 0 Å². The van der Waals surface area contributed by atoms with Crippen molar-refractivity contribution < 1.29 is 22.3 Å². The van der Waals surface area contributed by atoms with E-state index < -0.39 is 27.9 Å². The first-order chi connectivity index (χ1) is 14.7. The fourth-order valence-electron chi connectivity index (χ4n) is 3.32. The Labute approximate surface area is 180 Å². The largest absolute Gasteiger partial charge is 0.476 e. The number of rotatable bonds is 4. The van der Waals surface area contributed by atoms with E-state index in [1.807, 2.05) is 13.8 Å². The Bertz CT molecular complexity index is 1230. The SMILES string of the molecule is Cc1ccc(S(=O)(=O)N2C[C@@H](C(=O)Nc3ccc(F)cc3)Oc3cc(C)ccc32)cc1. The van der Waals surface area contributed by atoms with E-state index in [1.54, 1.807) is 42.5 Å². The first kappa shape index (κ1) is 20.9. The second-order valence-corrected chi connectivity index (χ2v) is 9.29. The predicted octanol–water partition coefficient (Wildman–Crippen LogP) is 4.04. The number of fused-ring (bicyclic) bond motifs is 1. The zero-order valence-electron chi connectivity index (χ0n) is 17.0. The van der Waals surface area contributed by atoms with Gasteiger partial charge in [0, 0.05) is 5.69 Å². The van der Waals surface area contributed by atoms with Crippen LogP contribution in [0.5, 0.6) is 5.75 Å². The molecule has 1 aliphatic rings. The van der Waals surface area contributed by atoms with Gasteiger partial charge in [-0.2, -0.15) is 0 Å². The maximum Gasteiger partial charge on any atom is 0.267 e. The van der Waals surface area contributed by atoms with Crippen molar-refractivity contribution in [3.8, 4) is 5.75 Å². The summed E-state index contributed by atoms with van der Waals surface area (Å²) in [5.41, 5.74) is 2.56. The molecular formula is C23H21FN2O4S. The molecule has 1 N–H and O–H groups in total. The molecule has 1 heterocycles. The molecule has 0 aliphatic carbocycles. The van der Waals surface area contributed by atoms with Crippen molar-refractivity contribution in [2.24, 2.45) is 0 Å². The normalized spacial score (nSPS) is 15.7. The lowest BCUT2D eigenvalue weighted by Gasteiger charge is -2.35. The molecule has 1 aliphatic heterocycles. The molecule has 0 aromatic heterocycles. The summed E-state index contributed by atoms with van der Waals surface area (Å²) in [6, 6.07) is 17.0. The summed E-state index contributed by atoms with van der Waals surface area (Å²) in [6.07, 6.45) is -1.08. The lowest BCUT2D eigenvalue weighted by molar-refractivity contribution is -0.122. The Kier molecular flexibility index (Phi) is 5.41. The minimum Gasteiger partial charge on any atom is -0.476 e. The van der Waals surface area contributed by atoms with Crippen LogP contribution in [0.15, 0.2) is 71.6 Å². The second-order valence-electron chi connectivity index (χ2n) is 7.42. The van der Waals surface area contributed by atoms with E-state index in [0.29, 0.717) is 17.1 Å². The van der Waals surface area contributed by atoms with Gasteiger partial charge in [-0.3, -0.25) is 9.10 Å². The van der Waals surface area contributed by atoms with Gasteiger partial charge in [-0.25, -0.2) is 12.8 Å². The van der Waals surface area contributed by atoms with Gasteiger partial charge in [0.1, 0.15) is 11.6 Å². The topological polar surface area (TPSA) is 75.7 Å². The van der Waals surface area contributed by atoms with Crippen molar-refractivity contribution in [2.45, 2.75) is 24.8 Å². The predicted molar refractivity (Wildman–Crippen MR) is 116 cm³/mol. The number of hydrogen-bond donors (Lipinski definition) is 1. The molecule has 3 aromatic rings. The molecule has 0 bridgehead atoms. The number of halogens is 1. The Morgan fingerprint density at radius 2 is 1.65 bits per heavy atom. The highest BCUT2D eigenvalue weighted by molar-refractivity contribution is 7.92. The van der Waals surface area contributed by atoms with E-state index in [-0.39, 0.29) is 11.4 Å². The lowest BCUT2D eigenvalue weighted by atomic mass is 10.1. The van der Waals surface area contributed by atoms with Gasteiger partial charge in [0.15, 0.2) is 6.10 Å². The number of amides is 1. The van der Waals surface area contributed by atoms with Crippen molar-refractivity contribution in [3.05, 3.63) is 83.7 Å². The molecule has 3 aromatic carbocycles. The van der Waals surface area contributed by atoms with Crippen LogP contribution in [0, 0.1) is 19.7 Å². The number of hydrogen-bond acceptors (Lipinski definition) is 4. The van der Waals surface area contributed by atoms with Gasteiger partial charge in [-0.15, -0.1) is 0 Å². The summed E-state index contributed by atoms with van der Waals surface area (Å²) < 4.78 is 47.0. The molecule has 160 valence electrons. The Hall–Kier alpha value is -3.39. The lowest BCUT2D eigenvalue weighted by Crippen LogP contribution is -2.48. The van der Waals surface area contributed by atoms with Crippen molar-refractivity contribution >= 4 is 27.3 Å². The van der Waals surface area contributed by atoms with E-state index in [4.69, 9.17) is 4.74 Å². The molecule has 0 saturated heterocycles. The van der Waals surface area contributed by atoms with E-state index in [0.717, 1.165) is 11.1 Å². The highest BCUT2D eigenvalue weighted by Crippen LogP contribution is 2.38. The third kappa shape index (κ3) is 4.25. The molecule has 1 amide bonds. The summed E-state index contributed by atoms with van der Waals surface area (Å²) in [7, 11) is -3.93. The zero-order valence-corrected chi connectivity index (χ0v) is 17.8. The van der Waals surface area contributed by atoms with Crippen LogP contribution in [0.3, 0.4) is 0 Å². The number of carbonyl (C=O) groups excluding carboxylic acids is 1. The second kappa shape index (κ2) is 8.03. The fourth-order valence-corrected chi connectivity index (χ4v) is 4.79. The monoisotopic (exact) mass is 440 g/mol. The summed E-state index contributed by atoms with van der Waals surface area (Å²) in [4.78, 5) is 13.0. The average Bonchev–Trinajstić information content (AvgIpc) is 2.74. The Morgan fingerprint density at radius 3 is 2.32 bits per heavy atom. The van der Waals surface area contributed by atoms with Crippen LogP contribution in [0.1, 0.15) is 11.1 Å². The van der Waals surface area contributed by atoms with Crippen LogP contribution in [-0.4, -0.2) is 27.0 Å². The fraction of sp³-hybridized carbons (Fsp3) is 0.174. The van der Waals surface area contributed by atoms with Gasteiger partial charge in [0.2, 0.25) is 0 Å². The minimum absolute atomic E-state index is 0.129. The van der Waals surface area contributed by atoms with Gasteiger partial charge in [-0.1, -0.05) is 23.8 Å². The third-order valence-corrected chi connectivity index (χ3v) is 6.79. The number of benzene rings is 3. The standard InChI is InChI=1S/C23H21FN2O4S/c1-15-3-10-19(11-4-15)31(28,29)26-14-22(30-21-13-16(2)5-12-20(21)26)23(27)25-18-8-6-17(24)7-9-18/h3-13,22H,14H2,1-2H3,(H,25,27)/t22-/m0/s1. The van der Waals surface area contributed by atoms with Crippen LogP contribution in [0.4, 0.5) is 15.8 Å². The highest BCUT2D eigenvalue weighted by atomic mass is 32.2. The highest BCUT2D eigenvalue weighted by Gasteiger charge is 2.37. The van der Waals surface area contributed by atoms with Gasteiger partial charge in [0.25, 0.3) is 15.9 Å². The summed E-state index contributed by atoms with van der Waals surface area (Å²) in [6.45, 7) is 3.53. The molecule has 31 heavy (non-hydrogen) atoms. The molecule has 1 atom stereocenters. The van der Waals surface area contributed by atoms with Gasteiger partial charge < -0.3 is 10.1 Å². The number of anilines is 2. The number of aryl methyl sites for hydroxylation is 2. The summed E-state index contributed by atoms with van der Waals surface area (Å²) >= 11 is 0. The van der Waals surface area contributed by atoms with Crippen LogP contribution >= 0.6 is 0 Å². The number of nitrogens with one attached hydrogen (secondary N) is 1. The van der Waals surface area contributed by atoms with Gasteiger partial charge in [0.05, 0.1) is 17.1 Å². The molecule has 0 unspecified atom stereocenters. The molecule has 4 rings (SSSR count). The van der Waals surface area contributed by atoms with Crippen molar-refractivity contribution in [2.75, 3.05) is 16.2 Å². The molecule has 0 radical (unpaired) electrons. The van der Waals surface area contributed by atoms with Crippen molar-refractivity contribution in [1.82, 2.24) is 0 Å². The number of ether oxygens (including phenoxy) is 1. The Balaban J connectivity index is 1.69. The van der Waals surface area contributed by atoms with E-state index in [9.17, 15) is 17.6 Å². The number of carbonyl (C=O) groups is 1. The van der Waals surface area contributed by atoms with Crippen molar-refractivity contribution in [1.29, 1.82) is 0 Å². The molecule has 8 heteroatoms. The first-order valence-electron chi connectivity index (χ1n) is 9.67. The number of sulfonamides is 1. The van der Waals surface area contributed by atoms with Crippen molar-refractivity contribution in [3.63, 3.8) is 0 Å². The summed E-state index contributed by atoms with van der Waals surface area (Å²) in [5.74, 6) is -0.643. The molecular weight excluding hydrogens is 419 g/mol. The quantitative estimate of drug-likeness (QED) is 0.665. The van der Waals surface area contributed by atoms with Crippen LogP contribution in [0.25, 0.3) is 0 Å². The van der Waals surface area contributed by atoms with Crippen LogP contribution < -0.4 is 14.4 Å². The first-order valence-corrected chi connectivity index (χ1v) is 11.1. The average molecular weight is 440 g/mol. The maximum absolute atomic E-state index is 13.4. The Morgan fingerprint density at radius 1 is 1.00 bits per heavy atom.